The molecule has 0 saturated carbocycles. The van der Waals surface area contributed by atoms with Crippen molar-refractivity contribution >= 4 is 50.7 Å². The summed E-state index contributed by atoms with van der Waals surface area (Å²) in [6.45, 7) is 0.312. The molecule has 1 atom stereocenters. The highest BCUT2D eigenvalue weighted by Crippen LogP contribution is 2.32. The van der Waals surface area contributed by atoms with E-state index < -0.39 is 46.2 Å². The van der Waals surface area contributed by atoms with Crippen LogP contribution < -0.4 is 9.62 Å². The lowest BCUT2D eigenvalue weighted by Gasteiger charge is -2.31. The van der Waals surface area contributed by atoms with Gasteiger partial charge in [0, 0.05) is 29.2 Å². The van der Waals surface area contributed by atoms with E-state index in [0.717, 1.165) is 29.4 Å². The molecule has 0 aliphatic heterocycles. The van der Waals surface area contributed by atoms with Crippen LogP contribution in [0.2, 0.25) is 10.0 Å². The van der Waals surface area contributed by atoms with Crippen LogP contribution in [0.4, 0.5) is 18.9 Å². The molecule has 0 heterocycles. The van der Waals surface area contributed by atoms with Gasteiger partial charge in [0.25, 0.3) is 0 Å². The van der Waals surface area contributed by atoms with Crippen molar-refractivity contribution in [3.8, 4) is 0 Å². The summed E-state index contributed by atoms with van der Waals surface area (Å²) in [5.74, 6) is -1.41. The smallest absolute Gasteiger partial charge is 0.357 e. The number of amides is 2. The fraction of sp³-hybridized carbons (Fsp3) is 0.333. The number of carbonyl (C=O) groups excluding carboxylic acids is 2. The molecule has 34 heavy (non-hydrogen) atoms. The molecule has 0 unspecified atom stereocenters. The van der Waals surface area contributed by atoms with Crippen LogP contribution >= 0.6 is 23.2 Å². The van der Waals surface area contributed by atoms with Crippen molar-refractivity contribution < 1.29 is 31.2 Å². The van der Waals surface area contributed by atoms with Gasteiger partial charge in [0.1, 0.15) is 12.6 Å². The molecule has 2 amide bonds. The minimum atomic E-state index is -4.72. The van der Waals surface area contributed by atoms with Gasteiger partial charge in [-0.2, -0.15) is 13.2 Å². The van der Waals surface area contributed by atoms with Crippen LogP contribution in [-0.4, -0.2) is 51.0 Å². The summed E-state index contributed by atoms with van der Waals surface area (Å²) < 4.78 is 64.9. The van der Waals surface area contributed by atoms with Gasteiger partial charge in [-0.25, -0.2) is 8.42 Å². The Morgan fingerprint density at radius 2 is 1.65 bits per heavy atom. The number of benzene rings is 2. The number of hydrogen-bond donors (Lipinski definition) is 1. The molecule has 0 aliphatic carbocycles. The Bertz CT molecular complexity index is 1160. The summed E-state index contributed by atoms with van der Waals surface area (Å²) in [5.41, 5.74) is -1.11. The third-order valence-corrected chi connectivity index (χ3v) is 6.79. The molecule has 0 radical (unpaired) electrons. The summed E-state index contributed by atoms with van der Waals surface area (Å²) >= 11 is 12.4. The number of rotatable bonds is 8. The molecule has 13 heteroatoms. The second-order valence-corrected chi connectivity index (χ2v) is 10.1. The first-order valence-corrected chi connectivity index (χ1v) is 12.4. The van der Waals surface area contributed by atoms with Crippen molar-refractivity contribution in [2.24, 2.45) is 0 Å². The lowest BCUT2D eigenvalue weighted by atomic mass is 10.1. The lowest BCUT2D eigenvalue weighted by Crippen LogP contribution is -2.50. The van der Waals surface area contributed by atoms with Crippen LogP contribution in [0.5, 0.6) is 0 Å². The van der Waals surface area contributed by atoms with E-state index in [0.29, 0.717) is 15.9 Å². The van der Waals surface area contributed by atoms with Crippen molar-refractivity contribution in [2.75, 3.05) is 24.2 Å². The SMILES string of the molecule is CNC(=O)[C@@H](C)N(Cc1c(Cl)cccc1Cl)C(=O)CN(c1cccc(C(F)(F)F)c1)S(C)(=O)=O. The molecular weight excluding hydrogens is 518 g/mol. The van der Waals surface area contributed by atoms with E-state index in [4.69, 9.17) is 23.2 Å². The maximum absolute atomic E-state index is 13.3. The molecule has 0 aromatic heterocycles. The first-order chi connectivity index (χ1) is 15.7. The number of hydrogen-bond acceptors (Lipinski definition) is 4. The second-order valence-electron chi connectivity index (χ2n) is 7.33. The minimum absolute atomic E-state index is 0.215. The quantitative estimate of drug-likeness (QED) is 0.550. The van der Waals surface area contributed by atoms with Crippen LogP contribution in [0.1, 0.15) is 18.1 Å². The zero-order valence-electron chi connectivity index (χ0n) is 18.4. The van der Waals surface area contributed by atoms with Crippen LogP contribution in [0.15, 0.2) is 42.5 Å². The third-order valence-electron chi connectivity index (χ3n) is 4.94. The molecule has 2 aromatic carbocycles. The predicted octanol–water partition coefficient (Wildman–Crippen LogP) is 3.94. The van der Waals surface area contributed by atoms with E-state index in [1.165, 1.54) is 26.1 Å². The number of nitrogens with zero attached hydrogens (tertiary/aromatic N) is 2. The fourth-order valence-electron chi connectivity index (χ4n) is 3.10. The number of nitrogens with one attached hydrogen (secondary N) is 1. The van der Waals surface area contributed by atoms with Crippen LogP contribution in [0.3, 0.4) is 0 Å². The van der Waals surface area contributed by atoms with E-state index in [9.17, 15) is 31.2 Å². The number of likely N-dealkylation sites (N-methyl/N-ethyl adjacent to an activating group) is 1. The van der Waals surface area contributed by atoms with E-state index in [-0.39, 0.29) is 22.3 Å². The van der Waals surface area contributed by atoms with Gasteiger partial charge in [-0.05, 0) is 37.3 Å². The number of alkyl halides is 3. The summed E-state index contributed by atoms with van der Waals surface area (Å²) in [6, 6.07) is 7.16. The zero-order chi connectivity index (χ0) is 25.8. The van der Waals surface area contributed by atoms with Crippen molar-refractivity contribution in [1.82, 2.24) is 10.2 Å². The third kappa shape index (κ3) is 6.77. The Balaban J connectivity index is 2.49. The fourth-order valence-corrected chi connectivity index (χ4v) is 4.45. The summed E-state index contributed by atoms with van der Waals surface area (Å²) in [5, 5.41) is 2.83. The Kier molecular flexibility index (Phi) is 8.84. The van der Waals surface area contributed by atoms with Gasteiger partial charge in [0.15, 0.2) is 0 Å². The van der Waals surface area contributed by atoms with Gasteiger partial charge in [-0.3, -0.25) is 13.9 Å². The molecule has 0 saturated heterocycles. The first-order valence-electron chi connectivity index (χ1n) is 9.75. The summed E-state index contributed by atoms with van der Waals surface area (Å²) in [6.07, 6.45) is -3.96. The number of carbonyl (C=O) groups is 2. The van der Waals surface area contributed by atoms with Crippen LogP contribution in [-0.2, 0) is 32.3 Å². The van der Waals surface area contributed by atoms with E-state index in [1.807, 2.05) is 0 Å². The van der Waals surface area contributed by atoms with Crippen molar-refractivity contribution in [1.29, 1.82) is 0 Å². The van der Waals surface area contributed by atoms with E-state index in [1.54, 1.807) is 6.07 Å². The molecule has 0 aliphatic rings. The highest BCUT2D eigenvalue weighted by atomic mass is 35.5. The Hall–Kier alpha value is -2.50. The number of anilines is 1. The zero-order valence-corrected chi connectivity index (χ0v) is 20.7. The predicted molar refractivity (Wildman–Crippen MR) is 124 cm³/mol. The molecule has 0 spiro atoms. The van der Waals surface area contributed by atoms with E-state index >= 15 is 0 Å². The van der Waals surface area contributed by atoms with Gasteiger partial charge in [-0.1, -0.05) is 35.3 Å². The van der Waals surface area contributed by atoms with Gasteiger partial charge >= 0.3 is 6.18 Å². The molecule has 1 N–H and O–H groups in total. The van der Waals surface area contributed by atoms with Crippen LogP contribution in [0.25, 0.3) is 0 Å². The standard InChI is InChI=1S/C21H22Cl2F3N3O4S/c1-13(20(31)27-2)28(11-16-17(22)8-5-9-18(16)23)19(30)12-29(34(3,32)33)15-7-4-6-14(10-15)21(24,25)26/h4-10,13H,11-12H2,1-3H3,(H,27,31)/t13-/m1/s1. The highest BCUT2D eigenvalue weighted by molar-refractivity contribution is 7.92. The highest BCUT2D eigenvalue weighted by Gasteiger charge is 2.33. The first kappa shape index (κ1) is 27.7. The Morgan fingerprint density at radius 3 is 2.15 bits per heavy atom. The van der Waals surface area contributed by atoms with Crippen molar-refractivity contribution in [3.05, 3.63) is 63.6 Å². The normalized spacial score (nSPS) is 12.7. The van der Waals surface area contributed by atoms with Gasteiger partial charge < -0.3 is 10.2 Å². The monoisotopic (exact) mass is 539 g/mol. The van der Waals surface area contributed by atoms with Crippen LogP contribution in [0, 0.1) is 0 Å². The largest absolute Gasteiger partial charge is 0.416 e. The molecule has 7 nitrogen and oxygen atoms in total. The molecule has 2 rings (SSSR count). The molecular formula is C21H22Cl2F3N3O4S. The maximum atomic E-state index is 13.3. The van der Waals surface area contributed by atoms with E-state index in [2.05, 4.69) is 5.32 Å². The number of sulfonamides is 1. The Labute approximate surface area is 205 Å². The second kappa shape index (κ2) is 10.8. The molecule has 2 aromatic rings. The van der Waals surface area contributed by atoms with Crippen molar-refractivity contribution in [2.45, 2.75) is 25.7 Å². The van der Waals surface area contributed by atoms with Gasteiger partial charge in [-0.15, -0.1) is 0 Å². The summed E-state index contributed by atoms with van der Waals surface area (Å²) in [7, 11) is -2.83. The average molecular weight is 540 g/mol. The molecule has 0 fully saturated rings. The Morgan fingerprint density at radius 1 is 1.09 bits per heavy atom. The minimum Gasteiger partial charge on any atom is -0.357 e. The van der Waals surface area contributed by atoms with Gasteiger partial charge in [0.2, 0.25) is 21.8 Å². The number of halogens is 5. The lowest BCUT2D eigenvalue weighted by molar-refractivity contribution is -0.139. The van der Waals surface area contributed by atoms with Gasteiger partial charge in [0.05, 0.1) is 17.5 Å². The summed E-state index contributed by atoms with van der Waals surface area (Å²) in [4.78, 5) is 26.6. The average Bonchev–Trinajstić information content (AvgIpc) is 2.74. The molecule has 186 valence electrons. The maximum Gasteiger partial charge on any atom is 0.416 e. The topological polar surface area (TPSA) is 86.8 Å². The molecule has 0 bridgehead atoms. The van der Waals surface area contributed by atoms with Crippen molar-refractivity contribution in [3.63, 3.8) is 0 Å².